The summed E-state index contributed by atoms with van der Waals surface area (Å²) in [7, 11) is 1.33. The first-order valence-electron chi connectivity index (χ1n) is 6.77. The Morgan fingerprint density at radius 2 is 1.67 bits per heavy atom. The van der Waals surface area contributed by atoms with E-state index in [-0.39, 0.29) is 12.4 Å². The molecule has 2 aromatic rings. The summed E-state index contributed by atoms with van der Waals surface area (Å²) in [6.07, 6.45) is -0.593. The number of esters is 1. The van der Waals surface area contributed by atoms with E-state index in [9.17, 15) is 4.79 Å². The fraction of sp³-hybridized carbons (Fsp3) is 0.235. The summed E-state index contributed by atoms with van der Waals surface area (Å²) in [5.41, 5.74) is 9.03. The summed E-state index contributed by atoms with van der Waals surface area (Å²) in [6.45, 7) is 0.368. The number of hydrogen-bond acceptors (Lipinski definition) is 4. The summed E-state index contributed by atoms with van der Waals surface area (Å²) in [4.78, 5) is 11.1. The second-order valence-electron chi connectivity index (χ2n) is 4.69. The molecule has 21 heavy (non-hydrogen) atoms. The molecule has 110 valence electrons. The van der Waals surface area contributed by atoms with E-state index in [1.807, 2.05) is 42.5 Å². The Morgan fingerprint density at radius 1 is 1.05 bits per heavy atom. The topological polar surface area (TPSA) is 61.5 Å². The molecule has 0 bridgehead atoms. The van der Waals surface area contributed by atoms with Gasteiger partial charge in [0.05, 0.1) is 20.1 Å². The van der Waals surface area contributed by atoms with E-state index >= 15 is 0 Å². The molecule has 0 amide bonds. The molecular formula is C17H19NO3. The molecule has 0 saturated carbocycles. The number of nitrogens with two attached hydrogens (primary N) is 1. The van der Waals surface area contributed by atoms with Crippen LogP contribution in [0.25, 0.3) is 11.1 Å². The Labute approximate surface area is 124 Å². The van der Waals surface area contributed by atoms with E-state index in [2.05, 4.69) is 16.9 Å². The second-order valence-corrected chi connectivity index (χ2v) is 4.69. The Morgan fingerprint density at radius 3 is 2.29 bits per heavy atom. The molecule has 2 N–H and O–H groups in total. The van der Waals surface area contributed by atoms with Gasteiger partial charge in [0.25, 0.3) is 0 Å². The average molecular weight is 285 g/mol. The SMILES string of the molecule is COC(=O)CC(N)OCc1ccc(-c2ccccc2)cc1. The van der Waals surface area contributed by atoms with Gasteiger partial charge in [-0.3, -0.25) is 4.79 Å². The molecule has 0 aromatic heterocycles. The van der Waals surface area contributed by atoms with Gasteiger partial charge in [0.15, 0.2) is 0 Å². The smallest absolute Gasteiger partial charge is 0.309 e. The van der Waals surface area contributed by atoms with Crippen LogP contribution in [0, 0.1) is 0 Å². The number of benzene rings is 2. The van der Waals surface area contributed by atoms with Crippen LogP contribution < -0.4 is 5.73 Å². The third kappa shape index (κ3) is 4.70. The average Bonchev–Trinajstić information content (AvgIpc) is 2.54. The molecule has 0 spiro atoms. The molecule has 0 aliphatic heterocycles. The van der Waals surface area contributed by atoms with Gasteiger partial charge in [0, 0.05) is 0 Å². The minimum Gasteiger partial charge on any atom is -0.469 e. The van der Waals surface area contributed by atoms with Crippen molar-refractivity contribution in [3.63, 3.8) is 0 Å². The lowest BCUT2D eigenvalue weighted by atomic mass is 10.0. The molecule has 0 aliphatic rings. The third-order valence-corrected chi connectivity index (χ3v) is 3.12. The van der Waals surface area contributed by atoms with E-state index in [0.29, 0.717) is 6.61 Å². The van der Waals surface area contributed by atoms with Crippen LogP contribution in [0.4, 0.5) is 0 Å². The van der Waals surface area contributed by atoms with Crippen molar-refractivity contribution >= 4 is 5.97 Å². The standard InChI is InChI=1S/C17H19NO3/c1-20-17(19)11-16(18)21-12-13-7-9-15(10-8-13)14-5-3-2-4-6-14/h2-10,16H,11-12,18H2,1H3. The predicted molar refractivity (Wildman–Crippen MR) is 81.3 cm³/mol. The molecule has 2 aromatic carbocycles. The van der Waals surface area contributed by atoms with Crippen molar-refractivity contribution in [1.82, 2.24) is 0 Å². The minimum absolute atomic E-state index is 0.0542. The Balaban J connectivity index is 1.90. The Hall–Kier alpha value is -2.17. The van der Waals surface area contributed by atoms with Crippen LogP contribution in [0.5, 0.6) is 0 Å². The van der Waals surface area contributed by atoms with Crippen LogP contribution in [-0.4, -0.2) is 19.3 Å². The summed E-state index contributed by atoms with van der Waals surface area (Å²) in [5.74, 6) is -0.373. The maximum Gasteiger partial charge on any atom is 0.309 e. The summed E-state index contributed by atoms with van der Waals surface area (Å²) >= 11 is 0. The van der Waals surface area contributed by atoms with Gasteiger partial charge in [-0.1, -0.05) is 54.6 Å². The molecule has 2 rings (SSSR count). The number of rotatable bonds is 6. The normalized spacial score (nSPS) is 11.9. The molecule has 4 nitrogen and oxygen atoms in total. The lowest BCUT2D eigenvalue weighted by Crippen LogP contribution is -2.27. The largest absolute Gasteiger partial charge is 0.469 e. The van der Waals surface area contributed by atoms with E-state index in [1.54, 1.807) is 0 Å². The number of carbonyl (C=O) groups is 1. The van der Waals surface area contributed by atoms with E-state index in [0.717, 1.165) is 11.1 Å². The Bertz CT molecular complexity index is 566. The van der Waals surface area contributed by atoms with Crippen molar-refractivity contribution in [3.05, 3.63) is 60.2 Å². The quantitative estimate of drug-likeness (QED) is 0.655. The molecule has 0 saturated heterocycles. The second kappa shape index (κ2) is 7.57. The number of methoxy groups -OCH3 is 1. The zero-order valence-corrected chi connectivity index (χ0v) is 12.0. The Kier molecular flexibility index (Phi) is 5.49. The fourth-order valence-electron chi connectivity index (χ4n) is 1.93. The first-order chi connectivity index (χ1) is 10.2. The van der Waals surface area contributed by atoms with Crippen LogP contribution in [0.3, 0.4) is 0 Å². The highest BCUT2D eigenvalue weighted by molar-refractivity contribution is 5.69. The lowest BCUT2D eigenvalue weighted by molar-refractivity contribution is -0.144. The number of carbonyl (C=O) groups excluding carboxylic acids is 1. The van der Waals surface area contributed by atoms with Crippen molar-refractivity contribution in [1.29, 1.82) is 0 Å². The molecule has 4 heteroatoms. The van der Waals surface area contributed by atoms with Gasteiger partial charge in [0.2, 0.25) is 0 Å². The van der Waals surface area contributed by atoms with Crippen molar-refractivity contribution in [3.8, 4) is 11.1 Å². The van der Waals surface area contributed by atoms with Crippen LogP contribution in [-0.2, 0) is 20.9 Å². The van der Waals surface area contributed by atoms with Gasteiger partial charge in [-0.05, 0) is 16.7 Å². The molecule has 0 heterocycles. The van der Waals surface area contributed by atoms with Crippen molar-refractivity contribution in [2.45, 2.75) is 19.3 Å². The predicted octanol–water partition coefficient (Wildman–Crippen LogP) is 2.72. The number of hydrogen-bond donors (Lipinski definition) is 1. The van der Waals surface area contributed by atoms with E-state index < -0.39 is 6.23 Å². The molecule has 0 radical (unpaired) electrons. The lowest BCUT2D eigenvalue weighted by Gasteiger charge is -2.12. The molecule has 0 aliphatic carbocycles. The van der Waals surface area contributed by atoms with Gasteiger partial charge in [-0.2, -0.15) is 0 Å². The van der Waals surface area contributed by atoms with Gasteiger partial charge in [-0.15, -0.1) is 0 Å². The van der Waals surface area contributed by atoms with Crippen LogP contribution in [0.1, 0.15) is 12.0 Å². The van der Waals surface area contributed by atoms with Crippen molar-refractivity contribution in [2.75, 3.05) is 7.11 Å². The van der Waals surface area contributed by atoms with E-state index in [4.69, 9.17) is 10.5 Å². The van der Waals surface area contributed by atoms with Gasteiger partial charge in [0.1, 0.15) is 6.23 Å². The van der Waals surface area contributed by atoms with E-state index in [1.165, 1.54) is 12.7 Å². The number of ether oxygens (including phenoxy) is 2. The highest BCUT2D eigenvalue weighted by Crippen LogP contribution is 2.19. The zero-order chi connectivity index (χ0) is 15.1. The van der Waals surface area contributed by atoms with Crippen LogP contribution >= 0.6 is 0 Å². The van der Waals surface area contributed by atoms with Crippen molar-refractivity contribution < 1.29 is 14.3 Å². The highest BCUT2D eigenvalue weighted by Gasteiger charge is 2.09. The van der Waals surface area contributed by atoms with Crippen LogP contribution in [0.15, 0.2) is 54.6 Å². The fourth-order valence-corrected chi connectivity index (χ4v) is 1.93. The molecule has 0 fully saturated rings. The highest BCUT2D eigenvalue weighted by atomic mass is 16.5. The maximum atomic E-state index is 11.1. The van der Waals surface area contributed by atoms with Gasteiger partial charge in [-0.25, -0.2) is 0 Å². The summed E-state index contributed by atoms with van der Waals surface area (Å²) in [5, 5.41) is 0. The first-order valence-corrected chi connectivity index (χ1v) is 6.77. The van der Waals surface area contributed by atoms with Crippen molar-refractivity contribution in [2.24, 2.45) is 5.73 Å². The monoisotopic (exact) mass is 285 g/mol. The van der Waals surface area contributed by atoms with Gasteiger partial charge >= 0.3 is 5.97 Å². The van der Waals surface area contributed by atoms with Crippen LogP contribution in [0.2, 0.25) is 0 Å². The molecule has 1 unspecified atom stereocenters. The maximum absolute atomic E-state index is 11.1. The first kappa shape index (κ1) is 15.2. The minimum atomic E-state index is -0.647. The summed E-state index contributed by atoms with van der Waals surface area (Å²) < 4.78 is 9.96. The molecular weight excluding hydrogens is 266 g/mol. The molecule has 1 atom stereocenters. The van der Waals surface area contributed by atoms with Gasteiger partial charge < -0.3 is 15.2 Å². The third-order valence-electron chi connectivity index (χ3n) is 3.12. The summed E-state index contributed by atoms with van der Waals surface area (Å²) in [6, 6.07) is 18.2. The zero-order valence-electron chi connectivity index (χ0n) is 12.0.